The van der Waals surface area contributed by atoms with Crippen molar-refractivity contribution in [2.45, 2.75) is 50.7 Å². The maximum absolute atomic E-state index is 10.5. The van der Waals surface area contributed by atoms with Crippen molar-refractivity contribution in [3.63, 3.8) is 0 Å². The van der Waals surface area contributed by atoms with Crippen LogP contribution < -0.4 is 0 Å². The second kappa shape index (κ2) is 4.54. The average Bonchev–Trinajstić information content (AvgIpc) is 2.30. The molecule has 1 N–H and O–H groups in total. The van der Waals surface area contributed by atoms with Gasteiger partial charge in [0, 0.05) is 12.8 Å². The van der Waals surface area contributed by atoms with E-state index < -0.39 is 5.60 Å². The Morgan fingerprint density at radius 2 is 2.40 bits per heavy atom. The first-order valence-corrected chi connectivity index (χ1v) is 5.92. The molecule has 86 valence electrons. The first-order chi connectivity index (χ1) is 7.24. The van der Waals surface area contributed by atoms with E-state index in [1.807, 2.05) is 6.08 Å². The largest absolute Gasteiger partial charge is 0.495 e. The van der Waals surface area contributed by atoms with Crippen LogP contribution in [0.2, 0.25) is 0 Å². The van der Waals surface area contributed by atoms with E-state index in [4.69, 9.17) is 9.47 Å². The normalized spacial score (nSPS) is 36.9. The summed E-state index contributed by atoms with van der Waals surface area (Å²) in [5.74, 6) is 0.788. The van der Waals surface area contributed by atoms with Gasteiger partial charge in [-0.15, -0.1) is 0 Å². The minimum atomic E-state index is -0.765. The minimum absolute atomic E-state index is 0.176. The summed E-state index contributed by atoms with van der Waals surface area (Å²) in [6.45, 7) is 3.47. The molecule has 0 aromatic carbocycles. The van der Waals surface area contributed by atoms with Crippen molar-refractivity contribution < 1.29 is 14.6 Å². The Morgan fingerprint density at radius 3 is 3.07 bits per heavy atom. The van der Waals surface area contributed by atoms with E-state index in [2.05, 4.69) is 6.92 Å². The lowest BCUT2D eigenvalue weighted by Crippen LogP contribution is -2.43. The van der Waals surface area contributed by atoms with Crippen molar-refractivity contribution in [2.24, 2.45) is 0 Å². The molecular weight excluding hydrogens is 192 g/mol. The number of allylic oxidation sites excluding steroid dienone is 1. The molecule has 15 heavy (non-hydrogen) atoms. The van der Waals surface area contributed by atoms with Gasteiger partial charge in [-0.05, 0) is 25.3 Å². The molecule has 2 aliphatic heterocycles. The summed E-state index contributed by atoms with van der Waals surface area (Å²) in [6.07, 6.45) is 6.60. The number of rotatable bonds is 2. The van der Waals surface area contributed by atoms with E-state index in [9.17, 15) is 5.11 Å². The molecule has 2 aliphatic rings. The molecule has 0 aromatic heterocycles. The molecule has 0 aliphatic carbocycles. The molecule has 3 nitrogen and oxygen atoms in total. The van der Waals surface area contributed by atoms with Crippen LogP contribution in [-0.4, -0.2) is 30.0 Å². The van der Waals surface area contributed by atoms with Crippen LogP contribution >= 0.6 is 0 Å². The summed E-state index contributed by atoms with van der Waals surface area (Å²) >= 11 is 0. The summed E-state index contributed by atoms with van der Waals surface area (Å²) in [4.78, 5) is 0. The number of hydrogen-bond donors (Lipinski definition) is 1. The van der Waals surface area contributed by atoms with Crippen molar-refractivity contribution >= 4 is 0 Å². The predicted molar refractivity (Wildman–Crippen MR) is 57.5 cm³/mol. The second-order valence-corrected chi connectivity index (χ2v) is 4.45. The molecule has 3 heteroatoms. The molecule has 0 spiro atoms. The zero-order valence-electron chi connectivity index (χ0n) is 9.37. The molecule has 0 aromatic rings. The van der Waals surface area contributed by atoms with Crippen LogP contribution in [-0.2, 0) is 9.47 Å². The highest BCUT2D eigenvalue weighted by Gasteiger charge is 2.39. The molecule has 0 bridgehead atoms. The van der Waals surface area contributed by atoms with Crippen molar-refractivity contribution in [2.75, 3.05) is 13.2 Å². The molecular formula is C12H20O3. The van der Waals surface area contributed by atoms with Crippen LogP contribution in [0.25, 0.3) is 0 Å². The number of hydrogen-bond acceptors (Lipinski definition) is 3. The second-order valence-electron chi connectivity index (χ2n) is 4.45. The van der Waals surface area contributed by atoms with Gasteiger partial charge in [-0.1, -0.05) is 6.92 Å². The Hall–Kier alpha value is -0.540. The Bertz CT molecular complexity index is 249. The summed E-state index contributed by atoms with van der Waals surface area (Å²) < 4.78 is 11.1. The number of aliphatic hydroxyl groups is 1. The van der Waals surface area contributed by atoms with Gasteiger partial charge < -0.3 is 14.6 Å². The highest BCUT2D eigenvalue weighted by Crippen LogP contribution is 2.34. The Kier molecular flexibility index (Phi) is 3.32. The fraction of sp³-hybridized carbons (Fsp3) is 0.833. The molecule has 2 unspecified atom stereocenters. The fourth-order valence-corrected chi connectivity index (χ4v) is 2.30. The van der Waals surface area contributed by atoms with Crippen LogP contribution in [0.4, 0.5) is 0 Å². The summed E-state index contributed by atoms with van der Waals surface area (Å²) in [7, 11) is 0. The lowest BCUT2D eigenvalue weighted by molar-refractivity contribution is -0.108. The Labute approximate surface area is 91.1 Å². The van der Waals surface area contributed by atoms with Crippen molar-refractivity contribution in [1.82, 2.24) is 0 Å². The first kappa shape index (κ1) is 11.0. The van der Waals surface area contributed by atoms with Gasteiger partial charge in [0.05, 0.1) is 19.3 Å². The van der Waals surface area contributed by atoms with E-state index in [0.717, 1.165) is 31.6 Å². The molecule has 0 saturated carbocycles. The Morgan fingerprint density at radius 1 is 1.53 bits per heavy atom. The summed E-state index contributed by atoms with van der Waals surface area (Å²) in [6, 6.07) is 0. The molecule has 2 atom stereocenters. The maximum Gasteiger partial charge on any atom is 0.126 e. The summed E-state index contributed by atoms with van der Waals surface area (Å²) in [5, 5.41) is 10.5. The molecule has 2 heterocycles. The third-order valence-electron chi connectivity index (χ3n) is 3.28. The SMILES string of the molecule is CCC1CC(O)(C2=CCCCO2)CCO1. The van der Waals surface area contributed by atoms with E-state index in [-0.39, 0.29) is 6.10 Å². The van der Waals surface area contributed by atoms with Gasteiger partial charge in [0.15, 0.2) is 0 Å². The molecule has 0 radical (unpaired) electrons. The monoisotopic (exact) mass is 212 g/mol. The topological polar surface area (TPSA) is 38.7 Å². The van der Waals surface area contributed by atoms with Crippen molar-refractivity contribution in [3.05, 3.63) is 11.8 Å². The van der Waals surface area contributed by atoms with Gasteiger partial charge in [0.2, 0.25) is 0 Å². The third-order valence-corrected chi connectivity index (χ3v) is 3.28. The van der Waals surface area contributed by atoms with Crippen molar-refractivity contribution in [3.8, 4) is 0 Å². The van der Waals surface area contributed by atoms with Gasteiger partial charge in [-0.3, -0.25) is 0 Å². The number of ether oxygens (including phenoxy) is 2. The van der Waals surface area contributed by atoms with E-state index >= 15 is 0 Å². The van der Waals surface area contributed by atoms with Crippen LogP contribution in [0.1, 0.15) is 39.0 Å². The quantitative estimate of drug-likeness (QED) is 0.761. The van der Waals surface area contributed by atoms with Crippen LogP contribution in [0.5, 0.6) is 0 Å². The predicted octanol–water partition coefficient (Wildman–Crippen LogP) is 2.00. The van der Waals surface area contributed by atoms with Gasteiger partial charge in [-0.2, -0.15) is 0 Å². The highest BCUT2D eigenvalue weighted by molar-refractivity contribution is 5.13. The van der Waals surface area contributed by atoms with Gasteiger partial charge in [0.1, 0.15) is 11.4 Å². The van der Waals surface area contributed by atoms with Crippen molar-refractivity contribution in [1.29, 1.82) is 0 Å². The lowest BCUT2D eigenvalue weighted by atomic mass is 9.86. The first-order valence-electron chi connectivity index (χ1n) is 5.92. The van der Waals surface area contributed by atoms with Gasteiger partial charge >= 0.3 is 0 Å². The zero-order valence-corrected chi connectivity index (χ0v) is 9.37. The maximum atomic E-state index is 10.5. The smallest absolute Gasteiger partial charge is 0.126 e. The Balaban J connectivity index is 2.07. The summed E-state index contributed by atoms with van der Waals surface area (Å²) in [5.41, 5.74) is -0.765. The molecule has 0 amide bonds. The van der Waals surface area contributed by atoms with Crippen LogP contribution in [0.15, 0.2) is 11.8 Å². The molecule has 1 fully saturated rings. The lowest BCUT2D eigenvalue weighted by Gasteiger charge is -2.38. The highest BCUT2D eigenvalue weighted by atomic mass is 16.5. The third kappa shape index (κ3) is 2.34. The fourth-order valence-electron chi connectivity index (χ4n) is 2.30. The minimum Gasteiger partial charge on any atom is -0.495 e. The van der Waals surface area contributed by atoms with E-state index in [1.165, 1.54) is 0 Å². The molecule has 2 rings (SSSR count). The molecule has 1 saturated heterocycles. The standard InChI is InChI=1S/C12H20O3/c1-2-10-9-12(13,6-8-14-10)11-5-3-4-7-15-11/h5,10,13H,2-4,6-9H2,1H3. The van der Waals surface area contributed by atoms with Crippen LogP contribution in [0, 0.1) is 0 Å². The average molecular weight is 212 g/mol. The van der Waals surface area contributed by atoms with E-state index in [0.29, 0.717) is 19.4 Å². The van der Waals surface area contributed by atoms with E-state index in [1.54, 1.807) is 0 Å². The van der Waals surface area contributed by atoms with Crippen LogP contribution in [0.3, 0.4) is 0 Å². The van der Waals surface area contributed by atoms with Gasteiger partial charge in [0.25, 0.3) is 0 Å². The van der Waals surface area contributed by atoms with Gasteiger partial charge in [-0.25, -0.2) is 0 Å². The zero-order chi connectivity index (χ0) is 10.7.